The van der Waals surface area contributed by atoms with Gasteiger partial charge in [0, 0.05) is 0 Å². The van der Waals surface area contributed by atoms with E-state index >= 15 is 0 Å². The van der Waals surface area contributed by atoms with Crippen LogP contribution in [0.1, 0.15) is 50.8 Å². The Morgan fingerprint density at radius 2 is 0.651 bits per heavy atom. The fourth-order valence-corrected chi connectivity index (χ4v) is 14.6. The van der Waals surface area contributed by atoms with Gasteiger partial charge in [-0.1, -0.05) is 36.4 Å². The molecule has 0 radical (unpaired) electrons. The van der Waals surface area contributed by atoms with E-state index in [2.05, 4.69) is 39.8 Å². The molecule has 0 fully saturated rings. The second-order valence-corrected chi connectivity index (χ2v) is 17.1. The maximum absolute atomic E-state index is 13.6. The summed E-state index contributed by atoms with van der Waals surface area (Å²) in [5, 5.41) is 4.15. The average Bonchev–Trinajstić information content (AvgIpc) is 3.39. The van der Waals surface area contributed by atoms with Crippen molar-refractivity contribution in [2.45, 2.75) is 50.8 Å². The molecule has 2 aromatic heterocycles. The fourth-order valence-electron chi connectivity index (χ4n) is 7.16. The van der Waals surface area contributed by atoms with E-state index in [-0.39, 0.29) is 81.3 Å². The van der Waals surface area contributed by atoms with Crippen molar-refractivity contribution in [3.63, 3.8) is 0 Å². The van der Waals surface area contributed by atoms with Gasteiger partial charge in [-0.3, -0.25) is 19.2 Å². The van der Waals surface area contributed by atoms with E-state index in [9.17, 15) is 19.2 Å². The van der Waals surface area contributed by atoms with Crippen molar-refractivity contribution in [3.8, 4) is 0 Å². The van der Waals surface area contributed by atoms with E-state index in [4.69, 9.17) is 0 Å². The van der Waals surface area contributed by atoms with Gasteiger partial charge < -0.3 is 14.9 Å². The van der Waals surface area contributed by atoms with Crippen molar-refractivity contribution in [1.82, 2.24) is 18.7 Å². The van der Waals surface area contributed by atoms with Crippen LogP contribution in [0.3, 0.4) is 0 Å². The van der Waals surface area contributed by atoms with Gasteiger partial charge in [0.25, 0.3) is 22.2 Å². The standard InChI is InChI=1S/C30H28N4O4P2.2CH3.Pt/c1-17-31-27(35)21-11-5-6-12-22(21)28(36)32(31)18(2)39(17)25-15-9-10-16-26(25)40-19(3)33-29(37)23-13-7-8-14-24(23)30(38)34(33)20(40)4;;;/h5-20H,1-4H3;2*1H3;/q;2*-1;+2/p+2/t17-,18?,19-,20?,39?,40?;;;/m0.../s1. The monoisotopic (exact) mass is 797 g/mol. The molecule has 2 aliphatic rings. The van der Waals surface area contributed by atoms with Crippen LogP contribution in [0, 0.1) is 14.9 Å². The Balaban J connectivity index is 0.00000141. The average molecular weight is 798 g/mol. The molecule has 0 spiro atoms. The van der Waals surface area contributed by atoms with Gasteiger partial charge in [-0.15, -0.1) is 0 Å². The van der Waals surface area contributed by atoms with E-state index in [1.165, 1.54) is 10.6 Å². The van der Waals surface area contributed by atoms with Crippen LogP contribution in [0.15, 0.2) is 92.0 Å². The van der Waals surface area contributed by atoms with Gasteiger partial charge in [0.05, 0.1) is 37.4 Å². The molecule has 4 unspecified atom stereocenters. The summed E-state index contributed by atoms with van der Waals surface area (Å²) in [6.07, 6.45) is 0. The topological polar surface area (TPSA) is 88.0 Å². The minimum Gasteiger partial charge on any atom is -0.358 e. The van der Waals surface area contributed by atoms with Crippen LogP contribution < -0.4 is 32.8 Å². The second-order valence-electron chi connectivity index (χ2n) is 10.9. The number of benzene rings is 3. The number of aromatic nitrogens is 4. The molecule has 43 heavy (non-hydrogen) atoms. The molecule has 8 nitrogen and oxygen atoms in total. The Morgan fingerprint density at radius 1 is 0.442 bits per heavy atom. The Kier molecular flexibility index (Phi) is 9.11. The van der Waals surface area contributed by atoms with Crippen molar-refractivity contribution >= 4 is 48.0 Å². The first-order valence-electron chi connectivity index (χ1n) is 13.6. The number of fused-ring (bicyclic) bond motifs is 4. The van der Waals surface area contributed by atoms with Crippen LogP contribution in [0.4, 0.5) is 0 Å². The third-order valence-electron chi connectivity index (χ3n) is 8.89. The van der Waals surface area contributed by atoms with Gasteiger partial charge in [-0.2, -0.15) is 0 Å². The molecule has 0 bridgehead atoms. The molecule has 0 saturated heterocycles. The van der Waals surface area contributed by atoms with Crippen LogP contribution in [0.25, 0.3) is 21.5 Å². The third kappa shape index (κ3) is 4.44. The van der Waals surface area contributed by atoms with Crippen LogP contribution in [0.5, 0.6) is 0 Å². The Morgan fingerprint density at radius 3 is 0.884 bits per heavy atom. The molecule has 7 rings (SSSR count). The van der Waals surface area contributed by atoms with Crippen molar-refractivity contribution < 1.29 is 21.1 Å². The van der Waals surface area contributed by atoms with Gasteiger partial charge in [-0.25, -0.2) is 18.7 Å². The smallest absolute Gasteiger partial charge is 0.358 e. The van der Waals surface area contributed by atoms with E-state index in [0.717, 1.165) is 0 Å². The quantitative estimate of drug-likeness (QED) is 0.191. The van der Waals surface area contributed by atoms with Crippen LogP contribution in [-0.2, 0) is 21.1 Å². The van der Waals surface area contributed by atoms with Crippen molar-refractivity contribution in [2.75, 3.05) is 0 Å². The minimum atomic E-state index is -1.50. The molecule has 0 aliphatic carbocycles. The number of nitrogens with zero attached hydrogens (tertiary/aromatic N) is 4. The maximum Gasteiger partial charge on any atom is 2.00 e. The number of rotatable bonds is 2. The summed E-state index contributed by atoms with van der Waals surface area (Å²) in [7, 11) is -3.01. The zero-order valence-electron chi connectivity index (χ0n) is 25.0. The molecule has 0 saturated carbocycles. The maximum atomic E-state index is 13.6. The van der Waals surface area contributed by atoms with Crippen LogP contribution in [0.2, 0.25) is 0 Å². The van der Waals surface area contributed by atoms with Crippen LogP contribution >= 0.6 is 15.8 Å². The number of hydrogen-bond acceptors (Lipinski definition) is 4. The molecule has 2 aliphatic heterocycles. The molecule has 226 valence electrons. The molecule has 6 atom stereocenters. The first-order valence-corrected chi connectivity index (χ1v) is 16.9. The minimum absolute atomic E-state index is 0. The summed E-state index contributed by atoms with van der Waals surface area (Å²) >= 11 is 0. The second kappa shape index (κ2) is 11.9. The van der Waals surface area contributed by atoms with E-state index < -0.39 is 15.8 Å². The van der Waals surface area contributed by atoms with E-state index in [1.54, 1.807) is 67.3 Å². The number of hydrogen-bond donors (Lipinski definition) is 0. The molecule has 5 aromatic rings. The molecule has 4 heterocycles. The largest absolute Gasteiger partial charge is 2.00 e. The SMILES string of the molecule is CC1n2c(=O)c3ccccc3c(=O)n2[C@H](C)[PH+]1c1ccccc1[PH+]1C(C)n2c(=O)c3ccccc3c(=O)n2[C@@H]1C.[CH3-].[CH3-].[Pt+2]. The molecule has 0 amide bonds. The van der Waals surface area contributed by atoms with Crippen molar-refractivity contribution in [3.05, 3.63) is 129 Å². The Labute approximate surface area is 266 Å². The first-order chi connectivity index (χ1) is 19.2. The summed E-state index contributed by atoms with van der Waals surface area (Å²) in [4.78, 5) is 54.6. The summed E-state index contributed by atoms with van der Waals surface area (Å²) in [6.45, 7) is 8.21. The predicted molar refractivity (Wildman–Crippen MR) is 179 cm³/mol. The third-order valence-corrected chi connectivity index (χ3v) is 15.8. The Hall–Kier alpha value is -2.91. The molecule has 0 N–H and O–H groups in total. The molecular formula is C32H36N4O4P2Pt+2. The van der Waals surface area contributed by atoms with E-state index in [0.29, 0.717) is 21.5 Å². The zero-order chi connectivity index (χ0) is 28.0. The molecular weight excluding hydrogens is 761 g/mol. The summed E-state index contributed by atoms with van der Waals surface area (Å²) in [6, 6.07) is 22.4. The van der Waals surface area contributed by atoms with Crippen molar-refractivity contribution in [1.29, 1.82) is 0 Å². The van der Waals surface area contributed by atoms with Gasteiger partial charge in [0.1, 0.15) is 10.6 Å². The normalized spacial score (nSPS) is 23.6. The van der Waals surface area contributed by atoms with Gasteiger partial charge >= 0.3 is 21.1 Å². The fraction of sp³-hybridized carbons (Fsp3) is 0.250. The predicted octanol–water partition coefficient (Wildman–Crippen LogP) is 4.72. The summed E-state index contributed by atoms with van der Waals surface area (Å²) in [5.41, 5.74) is -0.553. The zero-order valence-corrected chi connectivity index (χ0v) is 29.2. The summed E-state index contributed by atoms with van der Waals surface area (Å²) < 4.78 is 6.71. The Bertz CT molecular complexity index is 1840. The molecule has 11 heteroatoms. The first kappa shape index (κ1) is 33.0. The summed E-state index contributed by atoms with van der Waals surface area (Å²) in [5.74, 6) is -0.626. The van der Waals surface area contributed by atoms with Gasteiger partial charge in [0.15, 0.2) is 23.1 Å². The van der Waals surface area contributed by atoms with Gasteiger partial charge in [0.2, 0.25) is 0 Å². The van der Waals surface area contributed by atoms with E-state index in [1.807, 2.05) is 12.1 Å². The van der Waals surface area contributed by atoms with Crippen molar-refractivity contribution in [2.24, 2.45) is 0 Å². The van der Waals surface area contributed by atoms with Gasteiger partial charge in [-0.05, 0) is 64.1 Å². The van der Waals surface area contributed by atoms with Crippen LogP contribution in [-0.4, -0.2) is 18.7 Å². The molecule has 3 aromatic carbocycles.